The minimum Gasteiger partial charge on any atom is -0.508 e. The lowest BCUT2D eigenvalue weighted by Crippen LogP contribution is -2.04. The quantitative estimate of drug-likeness (QED) is 0.732. The first kappa shape index (κ1) is 11.9. The zero-order valence-electron chi connectivity index (χ0n) is 9.32. The maximum Gasteiger partial charge on any atom is 0.123 e. The van der Waals surface area contributed by atoms with E-state index < -0.39 is 0 Å². The van der Waals surface area contributed by atoms with Gasteiger partial charge >= 0.3 is 0 Å². The van der Waals surface area contributed by atoms with E-state index in [2.05, 4.69) is 6.92 Å². The van der Waals surface area contributed by atoms with Crippen LogP contribution in [0, 0.1) is 0 Å². The lowest BCUT2D eigenvalue weighted by molar-refractivity contribution is 0.146. The molecule has 0 aliphatic rings. The van der Waals surface area contributed by atoms with Crippen molar-refractivity contribution >= 4 is 0 Å². The molecule has 0 amide bonds. The zero-order chi connectivity index (χ0) is 11.1. The molecule has 0 aliphatic heterocycles. The van der Waals surface area contributed by atoms with E-state index in [-0.39, 0.29) is 0 Å². The van der Waals surface area contributed by atoms with Crippen LogP contribution in [-0.2, 0) is 11.2 Å². The molecular weight excluding hydrogens is 192 g/mol. The Kier molecular flexibility index (Phi) is 4.98. The van der Waals surface area contributed by atoms with Gasteiger partial charge in [-0.15, -0.1) is 0 Å². The third kappa shape index (κ3) is 3.80. The molecule has 0 unspecified atom stereocenters. The second-order valence-corrected chi connectivity index (χ2v) is 3.38. The third-order valence-electron chi connectivity index (χ3n) is 2.13. The van der Waals surface area contributed by atoms with Crippen LogP contribution in [0.4, 0.5) is 0 Å². The molecule has 84 valence electrons. The van der Waals surface area contributed by atoms with E-state index in [0.717, 1.165) is 18.4 Å². The second kappa shape index (κ2) is 6.30. The van der Waals surface area contributed by atoms with Crippen molar-refractivity contribution in [1.82, 2.24) is 0 Å². The Morgan fingerprint density at radius 2 is 2.07 bits per heavy atom. The summed E-state index contributed by atoms with van der Waals surface area (Å²) in [6, 6.07) is 5.43. The lowest BCUT2D eigenvalue weighted by atomic mass is 10.1. The number of hydrogen-bond acceptors (Lipinski definition) is 3. The van der Waals surface area contributed by atoms with Gasteiger partial charge in [-0.3, -0.25) is 0 Å². The van der Waals surface area contributed by atoms with Gasteiger partial charge in [0.2, 0.25) is 0 Å². The second-order valence-electron chi connectivity index (χ2n) is 3.38. The normalized spacial score (nSPS) is 10.3. The van der Waals surface area contributed by atoms with Gasteiger partial charge in [0.1, 0.15) is 18.1 Å². The van der Waals surface area contributed by atoms with Gasteiger partial charge in [0.15, 0.2) is 0 Å². The smallest absolute Gasteiger partial charge is 0.123 e. The van der Waals surface area contributed by atoms with Crippen LogP contribution < -0.4 is 4.74 Å². The number of phenols is 1. The van der Waals surface area contributed by atoms with Crippen LogP contribution in [0.3, 0.4) is 0 Å². The summed E-state index contributed by atoms with van der Waals surface area (Å²) in [5.74, 6) is 0.996. The van der Waals surface area contributed by atoms with Crippen molar-refractivity contribution in [3.8, 4) is 11.5 Å². The molecule has 1 N–H and O–H groups in total. The molecule has 3 heteroatoms. The molecular formula is C12H18O3. The summed E-state index contributed by atoms with van der Waals surface area (Å²) in [7, 11) is 1.63. The number of aromatic hydroxyl groups is 1. The van der Waals surface area contributed by atoms with E-state index in [1.807, 2.05) is 12.1 Å². The fraction of sp³-hybridized carbons (Fsp3) is 0.500. The average Bonchev–Trinajstić information content (AvgIpc) is 2.23. The van der Waals surface area contributed by atoms with Gasteiger partial charge < -0.3 is 14.6 Å². The maximum absolute atomic E-state index is 9.67. The van der Waals surface area contributed by atoms with Crippen LogP contribution in [0.25, 0.3) is 0 Å². The SMILES string of the molecule is CCCc1ccc(OCCOC)cc1O. The molecule has 1 rings (SSSR count). The highest BCUT2D eigenvalue weighted by atomic mass is 16.5. The summed E-state index contributed by atoms with van der Waals surface area (Å²) in [6.07, 6.45) is 1.92. The molecule has 0 fully saturated rings. The van der Waals surface area contributed by atoms with Crippen molar-refractivity contribution in [1.29, 1.82) is 0 Å². The summed E-state index contributed by atoms with van der Waals surface area (Å²) in [5, 5.41) is 9.67. The van der Waals surface area contributed by atoms with E-state index in [9.17, 15) is 5.11 Å². The number of aryl methyl sites for hydroxylation is 1. The van der Waals surface area contributed by atoms with E-state index in [4.69, 9.17) is 9.47 Å². The molecule has 0 saturated carbocycles. The first-order valence-corrected chi connectivity index (χ1v) is 5.21. The fourth-order valence-corrected chi connectivity index (χ4v) is 1.36. The first-order chi connectivity index (χ1) is 7.27. The van der Waals surface area contributed by atoms with Crippen molar-refractivity contribution < 1.29 is 14.6 Å². The molecule has 3 nitrogen and oxygen atoms in total. The van der Waals surface area contributed by atoms with Gasteiger partial charge in [0, 0.05) is 13.2 Å². The highest BCUT2D eigenvalue weighted by Gasteiger charge is 2.02. The molecule has 1 aromatic rings. The van der Waals surface area contributed by atoms with E-state index >= 15 is 0 Å². The first-order valence-electron chi connectivity index (χ1n) is 5.21. The van der Waals surface area contributed by atoms with Crippen LogP contribution in [0.15, 0.2) is 18.2 Å². The number of methoxy groups -OCH3 is 1. The fourth-order valence-electron chi connectivity index (χ4n) is 1.36. The maximum atomic E-state index is 9.67. The van der Waals surface area contributed by atoms with Crippen molar-refractivity contribution in [3.63, 3.8) is 0 Å². The van der Waals surface area contributed by atoms with Crippen LogP contribution >= 0.6 is 0 Å². The highest BCUT2D eigenvalue weighted by Crippen LogP contribution is 2.24. The number of hydrogen-bond donors (Lipinski definition) is 1. The standard InChI is InChI=1S/C12H18O3/c1-3-4-10-5-6-11(9-12(10)13)15-8-7-14-2/h5-6,9,13H,3-4,7-8H2,1-2H3. The Balaban J connectivity index is 2.56. The number of benzene rings is 1. The molecule has 0 heterocycles. The predicted molar refractivity (Wildman–Crippen MR) is 59.5 cm³/mol. The Bertz CT molecular complexity index is 297. The van der Waals surface area contributed by atoms with Gasteiger partial charge in [0.05, 0.1) is 6.61 Å². The van der Waals surface area contributed by atoms with Gasteiger partial charge in [-0.05, 0) is 18.1 Å². The van der Waals surface area contributed by atoms with Crippen molar-refractivity contribution in [2.45, 2.75) is 19.8 Å². The Labute approximate surface area is 90.6 Å². The van der Waals surface area contributed by atoms with Gasteiger partial charge in [-0.1, -0.05) is 19.4 Å². The van der Waals surface area contributed by atoms with Crippen molar-refractivity contribution in [2.75, 3.05) is 20.3 Å². The van der Waals surface area contributed by atoms with Gasteiger partial charge in [-0.25, -0.2) is 0 Å². The summed E-state index contributed by atoms with van der Waals surface area (Å²) >= 11 is 0. The molecule has 0 saturated heterocycles. The average molecular weight is 210 g/mol. The summed E-state index contributed by atoms with van der Waals surface area (Å²) in [5.41, 5.74) is 0.969. The Morgan fingerprint density at radius 3 is 2.67 bits per heavy atom. The molecule has 0 atom stereocenters. The highest BCUT2D eigenvalue weighted by molar-refractivity contribution is 5.39. The predicted octanol–water partition coefficient (Wildman–Crippen LogP) is 2.37. The van der Waals surface area contributed by atoms with Crippen LogP contribution in [-0.4, -0.2) is 25.4 Å². The van der Waals surface area contributed by atoms with E-state index in [0.29, 0.717) is 24.7 Å². The minimum absolute atomic E-state index is 0.312. The molecule has 15 heavy (non-hydrogen) atoms. The van der Waals surface area contributed by atoms with E-state index in [1.54, 1.807) is 13.2 Å². The molecule has 0 spiro atoms. The van der Waals surface area contributed by atoms with Crippen LogP contribution in [0.1, 0.15) is 18.9 Å². The van der Waals surface area contributed by atoms with Crippen molar-refractivity contribution in [2.24, 2.45) is 0 Å². The largest absolute Gasteiger partial charge is 0.508 e. The summed E-state index contributed by atoms with van der Waals surface area (Å²) in [4.78, 5) is 0. The van der Waals surface area contributed by atoms with Gasteiger partial charge in [-0.2, -0.15) is 0 Å². The topological polar surface area (TPSA) is 38.7 Å². The van der Waals surface area contributed by atoms with Crippen molar-refractivity contribution in [3.05, 3.63) is 23.8 Å². The molecule has 0 aliphatic carbocycles. The summed E-state index contributed by atoms with van der Waals surface area (Å²) in [6.45, 7) is 3.14. The molecule has 0 bridgehead atoms. The number of phenolic OH excluding ortho intramolecular Hbond substituents is 1. The lowest BCUT2D eigenvalue weighted by Gasteiger charge is -2.08. The zero-order valence-corrected chi connectivity index (χ0v) is 9.32. The number of ether oxygens (including phenoxy) is 2. The Morgan fingerprint density at radius 1 is 1.27 bits per heavy atom. The molecule has 0 radical (unpaired) electrons. The van der Waals surface area contributed by atoms with Crippen LogP contribution in [0.2, 0.25) is 0 Å². The monoisotopic (exact) mass is 210 g/mol. The number of rotatable bonds is 6. The molecule has 0 aromatic heterocycles. The van der Waals surface area contributed by atoms with Gasteiger partial charge in [0.25, 0.3) is 0 Å². The third-order valence-corrected chi connectivity index (χ3v) is 2.13. The molecule has 1 aromatic carbocycles. The van der Waals surface area contributed by atoms with Crippen LogP contribution in [0.5, 0.6) is 11.5 Å². The van der Waals surface area contributed by atoms with E-state index in [1.165, 1.54) is 0 Å². The minimum atomic E-state index is 0.312. The Hall–Kier alpha value is -1.22. The summed E-state index contributed by atoms with van der Waals surface area (Å²) < 4.78 is 10.2.